The maximum atomic E-state index is 14.0. The van der Waals surface area contributed by atoms with Crippen molar-refractivity contribution in [2.75, 3.05) is 18.8 Å². The number of benzene rings is 2. The van der Waals surface area contributed by atoms with Gasteiger partial charge in [-0.05, 0) is 30.0 Å². The molecule has 0 radical (unpaired) electrons. The Bertz CT molecular complexity index is 1200. The fourth-order valence-electron chi connectivity index (χ4n) is 4.08. The van der Waals surface area contributed by atoms with Crippen LogP contribution in [0.25, 0.3) is 11.3 Å². The summed E-state index contributed by atoms with van der Waals surface area (Å²) in [5.41, 5.74) is 14.2. The molecule has 2 aromatic carbocycles. The molecule has 9 heteroatoms. The lowest BCUT2D eigenvalue weighted by Crippen LogP contribution is -2.34. The summed E-state index contributed by atoms with van der Waals surface area (Å²) in [6.07, 6.45) is 4.03. The van der Waals surface area contributed by atoms with Crippen LogP contribution >= 0.6 is 0 Å². The highest BCUT2D eigenvalue weighted by molar-refractivity contribution is 6.03. The van der Waals surface area contributed by atoms with Crippen LogP contribution in [0.3, 0.4) is 0 Å². The highest BCUT2D eigenvalue weighted by Gasteiger charge is 2.28. The summed E-state index contributed by atoms with van der Waals surface area (Å²) in [6.45, 7) is 1.14. The maximum Gasteiger partial charge on any atom is 0.254 e. The summed E-state index contributed by atoms with van der Waals surface area (Å²) in [7, 11) is 0. The molecule has 1 atom stereocenters. The first-order valence-electron chi connectivity index (χ1n) is 10.2. The summed E-state index contributed by atoms with van der Waals surface area (Å²) >= 11 is 0. The Morgan fingerprint density at radius 1 is 1.22 bits per heavy atom. The van der Waals surface area contributed by atoms with Crippen LogP contribution in [0.2, 0.25) is 0 Å². The molecule has 2 heterocycles. The lowest BCUT2D eigenvalue weighted by molar-refractivity contribution is 0.100. The zero-order valence-electron chi connectivity index (χ0n) is 17.3. The number of likely N-dealkylation sites (tertiary alicyclic amines) is 1. The number of nitrogen functional groups attached to an aromatic ring is 1. The zero-order chi connectivity index (χ0) is 22.8. The van der Waals surface area contributed by atoms with Crippen LogP contribution < -0.4 is 11.5 Å². The molecule has 1 saturated heterocycles. The van der Waals surface area contributed by atoms with Crippen molar-refractivity contribution in [3.63, 3.8) is 0 Å². The van der Waals surface area contributed by atoms with Gasteiger partial charge >= 0.3 is 0 Å². The molecular formula is C23H22F2N6O. The van der Waals surface area contributed by atoms with E-state index < -0.39 is 17.5 Å². The van der Waals surface area contributed by atoms with Gasteiger partial charge in [0.1, 0.15) is 28.7 Å². The average molecular weight is 436 g/mol. The third kappa shape index (κ3) is 4.12. The lowest BCUT2D eigenvalue weighted by atomic mass is 10.0. The van der Waals surface area contributed by atoms with Crippen LogP contribution in [-0.4, -0.2) is 33.7 Å². The van der Waals surface area contributed by atoms with Gasteiger partial charge in [-0.25, -0.2) is 13.5 Å². The number of carbonyl (C=O) groups excluding carboxylic acids is 1. The van der Waals surface area contributed by atoms with Crippen molar-refractivity contribution in [1.29, 1.82) is 5.26 Å². The third-order valence-corrected chi connectivity index (χ3v) is 5.71. The summed E-state index contributed by atoms with van der Waals surface area (Å²) in [5.74, 6) is -1.73. The van der Waals surface area contributed by atoms with Crippen molar-refractivity contribution in [2.24, 2.45) is 5.73 Å². The molecule has 1 amide bonds. The van der Waals surface area contributed by atoms with Gasteiger partial charge in [0, 0.05) is 24.6 Å². The van der Waals surface area contributed by atoms with Crippen LogP contribution in [-0.2, 0) is 6.42 Å². The molecule has 3 aromatic rings. The van der Waals surface area contributed by atoms with Crippen LogP contribution in [0.5, 0.6) is 0 Å². The molecule has 32 heavy (non-hydrogen) atoms. The van der Waals surface area contributed by atoms with Gasteiger partial charge in [0.2, 0.25) is 0 Å². The lowest BCUT2D eigenvalue weighted by Gasteiger charge is -2.29. The van der Waals surface area contributed by atoms with E-state index in [0.717, 1.165) is 24.5 Å². The van der Waals surface area contributed by atoms with Crippen LogP contribution in [0.15, 0.2) is 42.5 Å². The standard InChI is InChI=1S/C23H22F2N6O/c24-17-8-7-16(19(25)11-17)10-14-3-5-15(6-4-14)21-20(23(28)32)22(27)31(29-21)18-2-1-9-30(12-18)13-26/h3-8,11,18H,1-2,9-10,12,27H2,(H2,28,32)/t18-/m1/s1. The van der Waals surface area contributed by atoms with E-state index in [2.05, 4.69) is 11.3 Å². The quantitative estimate of drug-likeness (QED) is 0.596. The summed E-state index contributed by atoms with van der Waals surface area (Å²) < 4.78 is 28.7. The number of amides is 1. The zero-order valence-corrected chi connectivity index (χ0v) is 17.3. The second-order valence-corrected chi connectivity index (χ2v) is 7.87. The van der Waals surface area contributed by atoms with E-state index in [1.807, 2.05) is 0 Å². The number of nitrogens with two attached hydrogens (primary N) is 2. The normalized spacial score (nSPS) is 16.0. The van der Waals surface area contributed by atoms with Gasteiger partial charge in [-0.2, -0.15) is 10.4 Å². The first-order chi connectivity index (χ1) is 15.4. The first kappa shape index (κ1) is 21.3. The molecule has 0 bridgehead atoms. The molecule has 0 saturated carbocycles. The SMILES string of the molecule is N#CN1CCC[C@@H](n2nc(-c3ccc(Cc4ccc(F)cc4F)cc3)c(C(N)=O)c2N)C1. The van der Waals surface area contributed by atoms with E-state index in [-0.39, 0.29) is 23.8 Å². The molecular weight excluding hydrogens is 414 g/mol. The summed E-state index contributed by atoms with van der Waals surface area (Å²) in [5, 5.41) is 13.8. The number of nitriles is 1. The van der Waals surface area contributed by atoms with Crippen LogP contribution in [0, 0.1) is 23.1 Å². The summed E-state index contributed by atoms with van der Waals surface area (Å²) in [4.78, 5) is 13.8. The highest BCUT2D eigenvalue weighted by atomic mass is 19.1. The Labute approximate surface area is 183 Å². The molecule has 4 rings (SSSR count). The number of carbonyl (C=O) groups is 1. The predicted molar refractivity (Wildman–Crippen MR) is 115 cm³/mol. The molecule has 1 aliphatic rings. The number of rotatable bonds is 5. The molecule has 0 aliphatic carbocycles. The van der Waals surface area contributed by atoms with E-state index in [9.17, 15) is 18.8 Å². The number of primary amides is 1. The fourth-order valence-corrected chi connectivity index (χ4v) is 4.08. The highest BCUT2D eigenvalue weighted by Crippen LogP contribution is 2.32. The Hall–Kier alpha value is -3.93. The molecule has 4 N–H and O–H groups in total. The number of hydrogen-bond donors (Lipinski definition) is 2. The Balaban J connectivity index is 1.64. The number of halogens is 2. The van der Waals surface area contributed by atoms with Gasteiger partial charge in [0.05, 0.1) is 12.6 Å². The molecule has 1 fully saturated rings. The van der Waals surface area contributed by atoms with E-state index >= 15 is 0 Å². The second kappa shape index (κ2) is 8.67. The summed E-state index contributed by atoms with van der Waals surface area (Å²) in [6, 6.07) is 10.5. The Morgan fingerprint density at radius 2 is 1.97 bits per heavy atom. The Morgan fingerprint density at radius 3 is 2.62 bits per heavy atom. The molecule has 0 spiro atoms. The van der Waals surface area contributed by atoms with Crippen LogP contribution in [0.4, 0.5) is 14.6 Å². The largest absolute Gasteiger partial charge is 0.383 e. The Kier molecular flexibility index (Phi) is 5.77. The fraction of sp³-hybridized carbons (Fsp3) is 0.261. The van der Waals surface area contributed by atoms with Crippen molar-refractivity contribution in [3.8, 4) is 17.5 Å². The number of nitrogens with zero attached hydrogens (tertiary/aromatic N) is 4. The molecule has 0 unspecified atom stereocenters. The van der Waals surface area contributed by atoms with Crippen molar-refractivity contribution in [1.82, 2.24) is 14.7 Å². The minimum Gasteiger partial charge on any atom is -0.383 e. The minimum absolute atomic E-state index is 0.136. The predicted octanol–water partition coefficient (Wildman–Crippen LogP) is 3.22. The maximum absolute atomic E-state index is 14.0. The first-order valence-corrected chi connectivity index (χ1v) is 10.2. The van der Waals surface area contributed by atoms with Gasteiger partial charge in [-0.3, -0.25) is 4.79 Å². The monoisotopic (exact) mass is 436 g/mol. The third-order valence-electron chi connectivity index (χ3n) is 5.71. The van der Waals surface area contributed by atoms with Gasteiger partial charge in [-0.1, -0.05) is 30.3 Å². The smallest absolute Gasteiger partial charge is 0.254 e. The van der Waals surface area contributed by atoms with Crippen molar-refractivity contribution >= 4 is 11.7 Å². The van der Waals surface area contributed by atoms with E-state index in [0.29, 0.717) is 29.9 Å². The van der Waals surface area contributed by atoms with E-state index in [4.69, 9.17) is 11.5 Å². The van der Waals surface area contributed by atoms with E-state index in [1.165, 1.54) is 12.1 Å². The van der Waals surface area contributed by atoms with Crippen molar-refractivity contribution < 1.29 is 13.6 Å². The number of aromatic nitrogens is 2. The molecule has 7 nitrogen and oxygen atoms in total. The van der Waals surface area contributed by atoms with Crippen molar-refractivity contribution in [2.45, 2.75) is 25.3 Å². The second-order valence-electron chi connectivity index (χ2n) is 7.87. The minimum atomic E-state index is -0.686. The molecule has 164 valence electrons. The molecule has 1 aromatic heterocycles. The number of piperidine rings is 1. The van der Waals surface area contributed by atoms with Crippen LogP contribution in [0.1, 0.15) is 40.4 Å². The number of anilines is 1. The average Bonchev–Trinajstić information content (AvgIpc) is 3.13. The van der Waals surface area contributed by atoms with Gasteiger partial charge < -0.3 is 16.4 Å². The van der Waals surface area contributed by atoms with Gasteiger partial charge in [-0.15, -0.1) is 0 Å². The van der Waals surface area contributed by atoms with Crippen molar-refractivity contribution in [3.05, 3.63) is 70.8 Å². The molecule has 1 aliphatic heterocycles. The number of hydrogen-bond acceptors (Lipinski definition) is 5. The topological polar surface area (TPSA) is 114 Å². The van der Waals surface area contributed by atoms with E-state index in [1.54, 1.807) is 33.8 Å². The van der Waals surface area contributed by atoms with Gasteiger partial charge in [0.25, 0.3) is 5.91 Å². The van der Waals surface area contributed by atoms with Gasteiger partial charge in [0.15, 0.2) is 6.19 Å².